The third-order valence-corrected chi connectivity index (χ3v) is 11.7. The van der Waals surface area contributed by atoms with Gasteiger partial charge in [-0.25, -0.2) is 0 Å². The molecule has 0 heterocycles. The molecule has 10 heteroatoms. The Morgan fingerprint density at radius 2 is 0.528 bits per heavy atom. The molecule has 0 aromatic heterocycles. The summed E-state index contributed by atoms with van der Waals surface area (Å²) in [5.41, 5.74) is 6.50. The first-order valence-electron chi connectivity index (χ1n) is 24.5. The first kappa shape index (κ1) is 49.9. The standard InChI is InChI=1S/C62H60N2O8/c65-61(53-35-37-55(67-41-47-23-9-3-10-24-47)59(71-45-51-31-17-7-18-32-51)57(53)69-43-49-27-13-5-14-28-49)63-39-21-1-2-22-40-64-62(66)54-36-38-56(68-42-48-25-11-4-12-26-48)60(72-46-52-33-19-8-20-34-52)58(54)70-44-50-29-15-6-16-30-50/h3-20,23-38H,1-2,21-22,39-46H2,(H,63,65)(H,64,66). The van der Waals surface area contributed by atoms with Crippen molar-refractivity contribution in [1.29, 1.82) is 0 Å². The largest absolute Gasteiger partial charge is 0.485 e. The highest BCUT2D eigenvalue weighted by atomic mass is 16.5. The van der Waals surface area contributed by atoms with Gasteiger partial charge in [0.05, 0.1) is 11.1 Å². The quantitative estimate of drug-likeness (QED) is 0.0490. The Balaban J connectivity index is 0.899. The van der Waals surface area contributed by atoms with Gasteiger partial charge in [0.1, 0.15) is 39.6 Å². The van der Waals surface area contributed by atoms with E-state index >= 15 is 0 Å². The van der Waals surface area contributed by atoms with Crippen molar-refractivity contribution in [1.82, 2.24) is 10.6 Å². The molecule has 8 aromatic carbocycles. The van der Waals surface area contributed by atoms with E-state index in [0.717, 1.165) is 59.1 Å². The Labute approximate surface area is 422 Å². The van der Waals surface area contributed by atoms with Crippen LogP contribution in [0.3, 0.4) is 0 Å². The van der Waals surface area contributed by atoms with Crippen LogP contribution in [0.4, 0.5) is 0 Å². The Bertz CT molecular complexity index is 2690. The summed E-state index contributed by atoms with van der Waals surface area (Å²) in [6.45, 7) is 2.46. The summed E-state index contributed by atoms with van der Waals surface area (Å²) in [6, 6.07) is 66.1. The van der Waals surface area contributed by atoms with E-state index < -0.39 is 0 Å². The predicted molar refractivity (Wildman–Crippen MR) is 281 cm³/mol. The zero-order valence-corrected chi connectivity index (χ0v) is 40.4. The number of unbranched alkanes of at least 4 members (excludes halogenated alkanes) is 3. The van der Waals surface area contributed by atoms with Crippen LogP contribution in [0.1, 0.15) is 79.8 Å². The van der Waals surface area contributed by atoms with E-state index in [2.05, 4.69) is 10.6 Å². The van der Waals surface area contributed by atoms with Crippen molar-refractivity contribution in [2.24, 2.45) is 0 Å². The normalized spacial score (nSPS) is 10.7. The number of carbonyl (C=O) groups is 2. The van der Waals surface area contributed by atoms with Gasteiger partial charge in [0.2, 0.25) is 11.5 Å². The van der Waals surface area contributed by atoms with Crippen molar-refractivity contribution < 1.29 is 38.0 Å². The molecule has 72 heavy (non-hydrogen) atoms. The molecule has 0 unspecified atom stereocenters. The zero-order chi connectivity index (χ0) is 49.4. The Morgan fingerprint density at radius 1 is 0.278 bits per heavy atom. The second-order valence-corrected chi connectivity index (χ2v) is 17.1. The molecule has 0 radical (unpaired) electrons. The van der Waals surface area contributed by atoms with Crippen molar-refractivity contribution in [3.8, 4) is 34.5 Å². The van der Waals surface area contributed by atoms with Gasteiger partial charge in [0.15, 0.2) is 23.0 Å². The maximum atomic E-state index is 14.0. The highest BCUT2D eigenvalue weighted by Gasteiger charge is 2.25. The molecular formula is C62H60N2O8. The number of carbonyl (C=O) groups excluding carboxylic acids is 2. The number of amides is 2. The van der Waals surface area contributed by atoms with Crippen molar-refractivity contribution in [2.75, 3.05) is 13.1 Å². The highest BCUT2D eigenvalue weighted by molar-refractivity contribution is 5.99. The van der Waals surface area contributed by atoms with Crippen LogP contribution in [0, 0.1) is 0 Å². The number of hydrogen-bond donors (Lipinski definition) is 2. The molecule has 0 saturated heterocycles. The number of rotatable bonds is 27. The van der Waals surface area contributed by atoms with Crippen LogP contribution in [0.25, 0.3) is 0 Å². The van der Waals surface area contributed by atoms with E-state index in [0.29, 0.717) is 71.9 Å². The minimum Gasteiger partial charge on any atom is -0.485 e. The van der Waals surface area contributed by atoms with Crippen molar-refractivity contribution >= 4 is 11.8 Å². The van der Waals surface area contributed by atoms with Gasteiger partial charge in [0.25, 0.3) is 11.8 Å². The van der Waals surface area contributed by atoms with Gasteiger partial charge in [-0.15, -0.1) is 0 Å². The predicted octanol–water partition coefficient (Wildman–Crippen LogP) is 12.9. The first-order chi connectivity index (χ1) is 35.6. The van der Waals surface area contributed by atoms with Crippen LogP contribution < -0.4 is 39.1 Å². The fraction of sp³-hybridized carbons (Fsp3) is 0.194. The number of benzene rings is 8. The molecule has 0 atom stereocenters. The lowest BCUT2D eigenvalue weighted by atomic mass is 10.1. The lowest BCUT2D eigenvalue weighted by Gasteiger charge is -2.20. The van der Waals surface area contributed by atoms with Crippen LogP contribution >= 0.6 is 0 Å². The van der Waals surface area contributed by atoms with Gasteiger partial charge < -0.3 is 39.1 Å². The Kier molecular flexibility index (Phi) is 18.7. The minimum absolute atomic E-state index is 0.223. The van der Waals surface area contributed by atoms with Gasteiger partial charge in [-0.1, -0.05) is 195 Å². The summed E-state index contributed by atoms with van der Waals surface area (Å²) in [5, 5.41) is 6.21. The van der Waals surface area contributed by atoms with Gasteiger partial charge in [0, 0.05) is 13.1 Å². The third-order valence-electron chi connectivity index (χ3n) is 11.7. The lowest BCUT2D eigenvalue weighted by molar-refractivity contribution is 0.0936. The number of ether oxygens (including phenoxy) is 6. The summed E-state index contributed by atoms with van der Waals surface area (Å²) < 4.78 is 38.5. The number of hydrogen-bond acceptors (Lipinski definition) is 8. The Morgan fingerprint density at radius 3 is 0.806 bits per heavy atom. The molecule has 2 amide bonds. The molecule has 366 valence electrons. The monoisotopic (exact) mass is 960 g/mol. The lowest BCUT2D eigenvalue weighted by Crippen LogP contribution is -2.26. The average molecular weight is 961 g/mol. The molecule has 2 N–H and O–H groups in total. The van der Waals surface area contributed by atoms with E-state index in [1.54, 1.807) is 24.3 Å². The third kappa shape index (κ3) is 15.0. The molecular weight excluding hydrogens is 901 g/mol. The highest BCUT2D eigenvalue weighted by Crippen LogP contribution is 2.43. The fourth-order valence-electron chi connectivity index (χ4n) is 7.82. The van der Waals surface area contributed by atoms with Crippen molar-refractivity contribution in [3.05, 3.63) is 251 Å². The molecule has 10 nitrogen and oxygen atoms in total. The van der Waals surface area contributed by atoms with E-state index in [9.17, 15) is 9.59 Å². The smallest absolute Gasteiger partial charge is 0.255 e. The maximum Gasteiger partial charge on any atom is 0.255 e. The van der Waals surface area contributed by atoms with Gasteiger partial charge in [-0.05, 0) is 70.5 Å². The summed E-state index contributed by atoms with van der Waals surface area (Å²) in [4.78, 5) is 28.0. The molecule has 0 spiro atoms. The fourth-order valence-corrected chi connectivity index (χ4v) is 7.82. The van der Waals surface area contributed by atoms with Gasteiger partial charge >= 0.3 is 0 Å². The number of nitrogens with one attached hydrogen (secondary N) is 2. The first-order valence-corrected chi connectivity index (χ1v) is 24.5. The molecule has 8 aromatic rings. The molecule has 0 bridgehead atoms. The summed E-state index contributed by atoms with van der Waals surface area (Å²) in [6.07, 6.45) is 3.14. The van der Waals surface area contributed by atoms with Crippen molar-refractivity contribution in [3.63, 3.8) is 0 Å². The van der Waals surface area contributed by atoms with E-state index in [4.69, 9.17) is 28.4 Å². The summed E-state index contributed by atoms with van der Waals surface area (Å²) in [5.74, 6) is 1.73. The second-order valence-electron chi connectivity index (χ2n) is 17.1. The molecule has 0 saturated carbocycles. The zero-order valence-electron chi connectivity index (χ0n) is 40.4. The van der Waals surface area contributed by atoms with E-state index in [1.165, 1.54) is 0 Å². The van der Waals surface area contributed by atoms with Crippen LogP contribution in [0.2, 0.25) is 0 Å². The van der Waals surface area contributed by atoms with E-state index in [1.807, 2.05) is 182 Å². The van der Waals surface area contributed by atoms with Crippen LogP contribution in [0.15, 0.2) is 206 Å². The van der Waals surface area contributed by atoms with Gasteiger partial charge in [-0.2, -0.15) is 0 Å². The minimum atomic E-state index is -0.279. The molecule has 0 aliphatic carbocycles. The summed E-state index contributed by atoms with van der Waals surface area (Å²) in [7, 11) is 0. The van der Waals surface area contributed by atoms with Gasteiger partial charge in [-0.3, -0.25) is 9.59 Å². The van der Waals surface area contributed by atoms with Crippen molar-refractivity contribution in [2.45, 2.75) is 65.3 Å². The van der Waals surface area contributed by atoms with Crippen LogP contribution in [-0.2, 0) is 39.6 Å². The molecule has 0 fully saturated rings. The SMILES string of the molecule is O=C(NCCCCCCNC(=O)c1ccc(OCc2ccccc2)c(OCc2ccccc2)c1OCc1ccccc1)c1ccc(OCc2ccccc2)c(OCc2ccccc2)c1OCc1ccccc1. The van der Waals surface area contributed by atoms with Crippen LogP contribution in [-0.4, -0.2) is 24.9 Å². The second kappa shape index (κ2) is 27.0. The molecule has 8 rings (SSSR count). The molecule has 0 aliphatic rings. The van der Waals surface area contributed by atoms with E-state index in [-0.39, 0.29) is 38.2 Å². The maximum absolute atomic E-state index is 14.0. The molecule has 0 aliphatic heterocycles. The topological polar surface area (TPSA) is 114 Å². The average Bonchev–Trinajstić information content (AvgIpc) is 3.44. The Hall–Kier alpha value is -8.50. The summed E-state index contributed by atoms with van der Waals surface area (Å²) >= 11 is 0. The van der Waals surface area contributed by atoms with Crippen LogP contribution in [0.5, 0.6) is 34.5 Å².